The number of nitrogens with one attached hydrogen (secondary N) is 1. The molecule has 0 bridgehead atoms. The molecule has 0 fully saturated rings. The van der Waals surface area contributed by atoms with E-state index in [0.29, 0.717) is 5.92 Å². The van der Waals surface area contributed by atoms with E-state index in [2.05, 4.69) is 30.9 Å². The Bertz CT molecular complexity index is 145. The van der Waals surface area contributed by atoms with Crippen molar-refractivity contribution < 1.29 is 0 Å². The number of allylic oxidation sites excluding steroid dienone is 2. The zero-order chi connectivity index (χ0) is 8.15. The summed E-state index contributed by atoms with van der Waals surface area (Å²) in [7, 11) is 1.91. The van der Waals surface area contributed by atoms with Crippen LogP contribution in [-0.2, 0) is 0 Å². The van der Waals surface area contributed by atoms with Gasteiger partial charge < -0.3 is 5.32 Å². The van der Waals surface area contributed by atoms with Crippen LogP contribution in [-0.4, -0.2) is 13.8 Å². The maximum Gasteiger partial charge on any atom is 0.0556 e. The Morgan fingerprint density at radius 1 is 1.50 bits per heavy atom. The van der Waals surface area contributed by atoms with Crippen LogP contribution in [0, 0.1) is 5.92 Å². The van der Waals surface area contributed by atoms with E-state index < -0.39 is 0 Å². The summed E-state index contributed by atoms with van der Waals surface area (Å²) in [6, 6.07) is 0. The van der Waals surface area contributed by atoms with Gasteiger partial charge in [-0.25, -0.2) is 0 Å². The smallest absolute Gasteiger partial charge is 0.0556 e. The highest BCUT2D eigenvalue weighted by Crippen LogP contribution is 2.10. The van der Waals surface area contributed by atoms with Gasteiger partial charge in [0.15, 0.2) is 0 Å². The van der Waals surface area contributed by atoms with E-state index in [1.54, 1.807) is 0 Å². The lowest BCUT2D eigenvalue weighted by Crippen LogP contribution is -2.13. The molecule has 0 unspecified atom stereocenters. The molecule has 0 aliphatic carbocycles. The second-order valence-corrected chi connectivity index (χ2v) is 2.56. The van der Waals surface area contributed by atoms with Gasteiger partial charge in [-0.2, -0.15) is 0 Å². The van der Waals surface area contributed by atoms with Crippen molar-refractivity contribution in [1.82, 2.24) is 5.32 Å². The summed E-state index contributed by atoms with van der Waals surface area (Å²) < 4.78 is 0. The summed E-state index contributed by atoms with van der Waals surface area (Å²) >= 11 is 0. The molecule has 0 aromatic carbocycles. The summed E-state index contributed by atoms with van der Waals surface area (Å²) in [6.07, 6.45) is 0. The Kier molecular flexibility index (Phi) is 3.77. The van der Waals surface area contributed by atoms with Gasteiger partial charge in [0, 0.05) is 12.7 Å². The first kappa shape index (κ1) is 9.21. The minimum Gasteiger partial charge on any atom is -0.390 e. The Balaban J connectivity index is 4.45. The van der Waals surface area contributed by atoms with Crippen LogP contribution < -0.4 is 5.32 Å². The second-order valence-electron chi connectivity index (χ2n) is 2.56. The quantitative estimate of drug-likeness (QED) is 0.594. The summed E-state index contributed by atoms with van der Waals surface area (Å²) in [5, 5.41) is 3.10. The molecule has 0 radical (unpaired) electrons. The predicted octanol–water partition coefficient (Wildman–Crippen LogP) is 1.79. The third-order valence-electron chi connectivity index (χ3n) is 1.47. The fraction of sp³-hybridized carbons (Fsp3) is 0.625. The van der Waals surface area contributed by atoms with Crippen molar-refractivity contribution in [3.05, 3.63) is 11.4 Å². The third-order valence-corrected chi connectivity index (χ3v) is 1.47. The molecule has 0 rings (SSSR count). The van der Waals surface area contributed by atoms with Crippen LogP contribution in [0.2, 0.25) is 0 Å². The maximum atomic E-state index is 3.85. The van der Waals surface area contributed by atoms with Crippen LogP contribution in [0.15, 0.2) is 16.4 Å². The SMILES string of the molecule is C=N/C(C)=C(\NC)C(C)C. The second kappa shape index (κ2) is 4.09. The molecule has 10 heavy (non-hydrogen) atoms. The van der Waals surface area contributed by atoms with Gasteiger partial charge in [0.25, 0.3) is 0 Å². The van der Waals surface area contributed by atoms with Crippen molar-refractivity contribution in [2.45, 2.75) is 20.8 Å². The minimum absolute atomic E-state index is 0.496. The van der Waals surface area contributed by atoms with Crippen molar-refractivity contribution in [3.8, 4) is 0 Å². The molecule has 0 saturated carbocycles. The van der Waals surface area contributed by atoms with Gasteiger partial charge in [-0.15, -0.1) is 0 Å². The number of hydrogen-bond donors (Lipinski definition) is 1. The number of rotatable bonds is 3. The van der Waals surface area contributed by atoms with E-state index in [9.17, 15) is 0 Å². The van der Waals surface area contributed by atoms with Gasteiger partial charge in [0.2, 0.25) is 0 Å². The average molecular weight is 140 g/mol. The first-order chi connectivity index (χ1) is 4.63. The largest absolute Gasteiger partial charge is 0.390 e. The van der Waals surface area contributed by atoms with Crippen molar-refractivity contribution in [1.29, 1.82) is 0 Å². The van der Waals surface area contributed by atoms with E-state index >= 15 is 0 Å². The maximum absolute atomic E-state index is 3.85. The summed E-state index contributed by atoms with van der Waals surface area (Å²) in [5.74, 6) is 0.496. The molecular formula is C8H16N2. The van der Waals surface area contributed by atoms with Gasteiger partial charge in [0.1, 0.15) is 0 Å². The van der Waals surface area contributed by atoms with Crippen molar-refractivity contribution in [2.24, 2.45) is 10.9 Å². The van der Waals surface area contributed by atoms with Gasteiger partial charge in [-0.1, -0.05) is 13.8 Å². The molecule has 0 saturated heterocycles. The average Bonchev–Trinajstić information content (AvgIpc) is 1.88. The lowest BCUT2D eigenvalue weighted by atomic mass is 10.1. The highest BCUT2D eigenvalue weighted by atomic mass is 14.9. The first-order valence-corrected chi connectivity index (χ1v) is 3.48. The predicted molar refractivity (Wildman–Crippen MR) is 46.1 cm³/mol. The molecule has 0 atom stereocenters. The van der Waals surface area contributed by atoms with E-state index in [4.69, 9.17) is 0 Å². The molecule has 0 spiro atoms. The first-order valence-electron chi connectivity index (χ1n) is 3.48. The lowest BCUT2D eigenvalue weighted by molar-refractivity contribution is 0.684. The third kappa shape index (κ3) is 2.21. The highest BCUT2D eigenvalue weighted by molar-refractivity contribution is 5.30. The van der Waals surface area contributed by atoms with Crippen LogP contribution in [0.3, 0.4) is 0 Å². The zero-order valence-corrected chi connectivity index (χ0v) is 7.23. The Hall–Kier alpha value is -0.790. The lowest BCUT2D eigenvalue weighted by Gasteiger charge is -2.11. The number of nitrogens with zero attached hydrogens (tertiary/aromatic N) is 1. The molecule has 2 nitrogen and oxygen atoms in total. The number of aliphatic imine (C=N–C) groups is 1. The van der Waals surface area contributed by atoms with Crippen molar-refractivity contribution in [2.75, 3.05) is 7.05 Å². The molecule has 0 aromatic heterocycles. The monoisotopic (exact) mass is 140 g/mol. The fourth-order valence-electron chi connectivity index (χ4n) is 0.973. The summed E-state index contributed by atoms with van der Waals surface area (Å²) in [4.78, 5) is 3.85. The van der Waals surface area contributed by atoms with Gasteiger partial charge in [-0.05, 0) is 19.6 Å². The molecule has 0 amide bonds. The van der Waals surface area contributed by atoms with E-state index in [1.807, 2.05) is 14.0 Å². The van der Waals surface area contributed by atoms with E-state index in [1.165, 1.54) is 0 Å². The highest BCUT2D eigenvalue weighted by Gasteiger charge is 2.02. The van der Waals surface area contributed by atoms with Crippen molar-refractivity contribution in [3.63, 3.8) is 0 Å². The van der Waals surface area contributed by atoms with Crippen LogP contribution in [0.1, 0.15) is 20.8 Å². The van der Waals surface area contributed by atoms with Crippen molar-refractivity contribution >= 4 is 6.72 Å². The Morgan fingerprint density at radius 3 is 2.10 bits per heavy atom. The Morgan fingerprint density at radius 2 is 2.00 bits per heavy atom. The van der Waals surface area contributed by atoms with E-state index in [0.717, 1.165) is 11.4 Å². The van der Waals surface area contributed by atoms with Crippen LogP contribution >= 0.6 is 0 Å². The molecule has 0 aliphatic heterocycles. The fourth-order valence-corrected chi connectivity index (χ4v) is 0.973. The molecule has 2 heteroatoms. The van der Waals surface area contributed by atoms with Gasteiger partial charge in [-0.3, -0.25) is 4.99 Å². The number of hydrogen-bond acceptors (Lipinski definition) is 2. The van der Waals surface area contributed by atoms with Gasteiger partial charge >= 0.3 is 0 Å². The molecular weight excluding hydrogens is 124 g/mol. The topological polar surface area (TPSA) is 24.4 Å². The van der Waals surface area contributed by atoms with Crippen LogP contribution in [0.4, 0.5) is 0 Å². The normalized spacial score (nSPS) is 12.9. The van der Waals surface area contributed by atoms with E-state index in [-0.39, 0.29) is 0 Å². The van der Waals surface area contributed by atoms with Gasteiger partial charge in [0.05, 0.1) is 5.70 Å². The summed E-state index contributed by atoms with van der Waals surface area (Å²) in [5.41, 5.74) is 2.15. The minimum atomic E-state index is 0.496. The van der Waals surface area contributed by atoms with Crippen LogP contribution in [0.5, 0.6) is 0 Å². The molecule has 0 aromatic rings. The Labute approximate surface area is 63.0 Å². The molecule has 1 N–H and O–H groups in total. The molecule has 58 valence electrons. The molecule has 0 aliphatic rings. The molecule has 0 heterocycles. The zero-order valence-electron chi connectivity index (χ0n) is 7.23. The standard InChI is InChI=1S/C8H16N2/c1-6(2)8(10-5)7(3)9-4/h6,10H,4H2,1-3,5H3/b8-7-. The summed E-state index contributed by atoms with van der Waals surface area (Å²) in [6.45, 7) is 9.67. The van der Waals surface area contributed by atoms with Crippen LogP contribution in [0.25, 0.3) is 0 Å².